The molecule has 0 amide bonds. The second-order valence-electron chi connectivity index (χ2n) is 10.3. The van der Waals surface area contributed by atoms with E-state index < -0.39 is 0 Å². The standard InChI is InChI=1S/C26H34N2O2/c1-25-13-11-19(29)17-18(25)7-8-21-22-9-10-24(26(22,2)14-12-23(21)25)28-27-15-3-5-20-6-4-16-30-20/h3-7,15-16,19,21-23,29H,8-14,17H2,1-2H3/b5-3+,27-15+,28-24+. The van der Waals surface area contributed by atoms with Gasteiger partial charge in [-0.05, 0) is 98.8 Å². The summed E-state index contributed by atoms with van der Waals surface area (Å²) in [5.41, 5.74) is 3.34. The molecule has 0 spiro atoms. The van der Waals surface area contributed by atoms with Crippen LogP contribution in [0.1, 0.15) is 71.0 Å². The summed E-state index contributed by atoms with van der Waals surface area (Å²) in [6.07, 6.45) is 18.6. The largest absolute Gasteiger partial charge is 0.465 e. The number of rotatable bonds is 3. The Bertz CT molecular complexity index is 896. The Morgan fingerprint density at radius 2 is 1.97 bits per heavy atom. The van der Waals surface area contributed by atoms with Crippen molar-refractivity contribution in [3.8, 4) is 0 Å². The first-order chi connectivity index (χ1) is 14.5. The Balaban J connectivity index is 1.33. The summed E-state index contributed by atoms with van der Waals surface area (Å²) >= 11 is 0. The minimum absolute atomic E-state index is 0.125. The number of hydrogen-bond donors (Lipinski definition) is 1. The van der Waals surface area contributed by atoms with Crippen LogP contribution in [0.4, 0.5) is 0 Å². The Labute approximate surface area is 179 Å². The van der Waals surface area contributed by atoms with Crippen LogP contribution >= 0.6 is 0 Å². The predicted octanol–water partition coefficient (Wildman–Crippen LogP) is 6.04. The third-order valence-electron chi connectivity index (χ3n) is 8.95. The molecule has 3 fully saturated rings. The monoisotopic (exact) mass is 406 g/mol. The van der Waals surface area contributed by atoms with Crippen molar-refractivity contribution in [1.29, 1.82) is 0 Å². The molecule has 4 nitrogen and oxygen atoms in total. The molecule has 1 N–H and O–H groups in total. The molecule has 4 aliphatic rings. The topological polar surface area (TPSA) is 58.1 Å². The fraction of sp³-hybridized carbons (Fsp3) is 0.615. The van der Waals surface area contributed by atoms with E-state index in [1.807, 2.05) is 24.3 Å². The molecule has 4 heteroatoms. The molecule has 3 saturated carbocycles. The van der Waals surface area contributed by atoms with E-state index in [1.54, 1.807) is 18.1 Å². The number of hydrogen-bond acceptors (Lipinski definition) is 4. The highest BCUT2D eigenvalue weighted by atomic mass is 16.3. The Morgan fingerprint density at radius 3 is 2.80 bits per heavy atom. The quantitative estimate of drug-likeness (QED) is 0.378. The molecule has 30 heavy (non-hydrogen) atoms. The van der Waals surface area contributed by atoms with E-state index in [4.69, 9.17) is 9.52 Å². The van der Waals surface area contributed by atoms with Gasteiger partial charge in [0, 0.05) is 17.3 Å². The van der Waals surface area contributed by atoms with E-state index in [9.17, 15) is 5.11 Å². The highest BCUT2D eigenvalue weighted by Crippen LogP contribution is 2.64. The number of furan rings is 1. The molecule has 6 atom stereocenters. The zero-order valence-electron chi connectivity index (χ0n) is 18.3. The van der Waals surface area contributed by atoms with Gasteiger partial charge in [0.05, 0.1) is 12.4 Å². The van der Waals surface area contributed by atoms with Gasteiger partial charge < -0.3 is 9.52 Å². The van der Waals surface area contributed by atoms with Gasteiger partial charge in [-0.15, -0.1) is 0 Å². The first-order valence-electron chi connectivity index (χ1n) is 11.7. The molecule has 0 aromatic carbocycles. The molecule has 0 saturated heterocycles. The van der Waals surface area contributed by atoms with Crippen LogP contribution in [0.15, 0.2) is 50.7 Å². The maximum atomic E-state index is 10.2. The number of allylic oxidation sites excluding steroid dienone is 2. The van der Waals surface area contributed by atoms with Gasteiger partial charge >= 0.3 is 0 Å². The van der Waals surface area contributed by atoms with Crippen LogP contribution in [-0.4, -0.2) is 23.1 Å². The summed E-state index contributed by atoms with van der Waals surface area (Å²) in [5.74, 6) is 3.06. The highest BCUT2D eigenvalue weighted by Gasteiger charge is 2.57. The summed E-state index contributed by atoms with van der Waals surface area (Å²) < 4.78 is 5.30. The Kier molecular flexibility index (Phi) is 5.09. The predicted molar refractivity (Wildman–Crippen MR) is 121 cm³/mol. The van der Waals surface area contributed by atoms with E-state index in [0.29, 0.717) is 11.3 Å². The van der Waals surface area contributed by atoms with Crippen molar-refractivity contribution in [1.82, 2.24) is 0 Å². The number of fused-ring (bicyclic) bond motifs is 5. The second-order valence-corrected chi connectivity index (χ2v) is 10.3. The molecule has 5 rings (SSSR count). The van der Waals surface area contributed by atoms with Crippen LogP contribution in [0.3, 0.4) is 0 Å². The normalized spacial score (nSPS) is 42.4. The number of aliphatic hydroxyl groups is 1. The lowest BCUT2D eigenvalue weighted by molar-refractivity contribution is -0.0209. The molecule has 1 aromatic heterocycles. The van der Waals surface area contributed by atoms with Gasteiger partial charge in [0.25, 0.3) is 0 Å². The van der Waals surface area contributed by atoms with Gasteiger partial charge in [-0.3, -0.25) is 0 Å². The summed E-state index contributed by atoms with van der Waals surface area (Å²) in [5, 5.41) is 19.3. The first kappa shape index (κ1) is 20.0. The van der Waals surface area contributed by atoms with E-state index in [2.05, 4.69) is 25.0 Å². The molecule has 0 bridgehead atoms. The van der Waals surface area contributed by atoms with E-state index in [0.717, 1.165) is 43.3 Å². The van der Waals surface area contributed by atoms with Crippen molar-refractivity contribution in [2.75, 3.05) is 0 Å². The van der Waals surface area contributed by atoms with Gasteiger partial charge in [-0.25, -0.2) is 0 Å². The summed E-state index contributed by atoms with van der Waals surface area (Å²) in [6.45, 7) is 4.93. The van der Waals surface area contributed by atoms with E-state index >= 15 is 0 Å². The smallest absolute Gasteiger partial charge is 0.126 e. The lowest BCUT2D eigenvalue weighted by Gasteiger charge is -2.57. The average Bonchev–Trinajstić information content (AvgIpc) is 3.36. The van der Waals surface area contributed by atoms with Crippen molar-refractivity contribution >= 4 is 18.0 Å². The molecule has 6 unspecified atom stereocenters. The molecule has 160 valence electrons. The number of aliphatic hydroxyl groups excluding tert-OH is 1. The zero-order valence-corrected chi connectivity index (χ0v) is 18.3. The lowest BCUT2D eigenvalue weighted by atomic mass is 9.48. The van der Waals surface area contributed by atoms with Crippen LogP contribution in [0.5, 0.6) is 0 Å². The SMILES string of the molecule is CC12CCC(O)CC1=CCC1C2CCC2(C)/C(=N/N=C/C=C/c3ccco3)CCC12. The average molecular weight is 407 g/mol. The van der Waals surface area contributed by atoms with Crippen LogP contribution in [-0.2, 0) is 0 Å². The fourth-order valence-electron chi connectivity index (χ4n) is 7.26. The van der Waals surface area contributed by atoms with Crippen molar-refractivity contribution in [2.24, 2.45) is 38.8 Å². The van der Waals surface area contributed by atoms with E-state index in [-0.39, 0.29) is 11.5 Å². The van der Waals surface area contributed by atoms with Crippen molar-refractivity contribution in [2.45, 2.75) is 71.3 Å². The second kappa shape index (κ2) is 7.64. The molecular weight excluding hydrogens is 372 g/mol. The van der Waals surface area contributed by atoms with Gasteiger partial charge in [0.15, 0.2) is 0 Å². The molecule has 0 aliphatic heterocycles. The fourth-order valence-corrected chi connectivity index (χ4v) is 7.26. The van der Waals surface area contributed by atoms with Gasteiger partial charge in [-0.2, -0.15) is 10.2 Å². The Hall–Kier alpha value is -1.94. The minimum atomic E-state index is -0.125. The summed E-state index contributed by atoms with van der Waals surface area (Å²) in [4.78, 5) is 0. The van der Waals surface area contributed by atoms with Crippen molar-refractivity contribution in [3.05, 3.63) is 41.9 Å². The third-order valence-corrected chi connectivity index (χ3v) is 8.95. The zero-order chi connectivity index (χ0) is 20.8. The molecule has 1 heterocycles. The van der Waals surface area contributed by atoms with Crippen molar-refractivity contribution in [3.63, 3.8) is 0 Å². The maximum absolute atomic E-state index is 10.2. The van der Waals surface area contributed by atoms with Crippen LogP contribution in [0.2, 0.25) is 0 Å². The molecule has 0 radical (unpaired) electrons. The van der Waals surface area contributed by atoms with Crippen LogP contribution < -0.4 is 0 Å². The van der Waals surface area contributed by atoms with Gasteiger partial charge in [-0.1, -0.05) is 25.5 Å². The van der Waals surface area contributed by atoms with Crippen molar-refractivity contribution < 1.29 is 9.52 Å². The maximum Gasteiger partial charge on any atom is 0.126 e. The molecule has 1 aromatic rings. The highest BCUT2D eigenvalue weighted by molar-refractivity contribution is 5.93. The van der Waals surface area contributed by atoms with Gasteiger partial charge in [0.2, 0.25) is 0 Å². The molecule has 4 aliphatic carbocycles. The lowest BCUT2D eigenvalue weighted by Crippen LogP contribution is -2.50. The van der Waals surface area contributed by atoms with Crippen LogP contribution in [0.25, 0.3) is 6.08 Å². The minimum Gasteiger partial charge on any atom is -0.465 e. The van der Waals surface area contributed by atoms with Crippen LogP contribution in [0, 0.1) is 28.6 Å². The summed E-state index contributed by atoms with van der Waals surface area (Å²) in [7, 11) is 0. The summed E-state index contributed by atoms with van der Waals surface area (Å²) in [6, 6.07) is 3.81. The number of nitrogens with zero attached hydrogens (tertiary/aromatic N) is 2. The van der Waals surface area contributed by atoms with Gasteiger partial charge in [0.1, 0.15) is 5.76 Å². The first-order valence-corrected chi connectivity index (χ1v) is 11.7. The Morgan fingerprint density at radius 1 is 1.13 bits per heavy atom. The molecular formula is C26H34N2O2. The van der Waals surface area contributed by atoms with E-state index in [1.165, 1.54) is 31.4 Å². The third kappa shape index (κ3) is 3.24.